The molecule has 0 aliphatic heterocycles. The summed E-state index contributed by atoms with van der Waals surface area (Å²) in [7, 11) is 0. The summed E-state index contributed by atoms with van der Waals surface area (Å²) >= 11 is 3.95. The van der Waals surface area contributed by atoms with Crippen molar-refractivity contribution >= 4 is 24.4 Å². The first-order valence-corrected chi connectivity index (χ1v) is 4.40. The van der Waals surface area contributed by atoms with Crippen LogP contribution in [0.1, 0.15) is 13.8 Å². The smallest absolute Gasteiger partial charge is 0.243 e. The Balaban J connectivity index is 3.96. The van der Waals surface area contributed by atoms with E-state index in [9.17, 15) is 9.59 Å². The summed E-state index contributed by atoms with van der Waals surface area (Å²) in [5, 5.41) is 5.09. The zero-order valence-corrected chi connectivity index (χ0v) is 8.15. The van der Waals surface area contributed by atoms with Gasteiger partial charge in [-0.15, -0.1) is 0 Å². The molecule has 0 radical (unpaired) electrons. The van der Waals surface area contributed by atoms with Gasteiger partial charge in [-0.25, -0.2) is 0 Å². The Bertz CT molecular complexity index is 173. The molecule has 0 heterocycles. The molecule has 0 fully saturated rings. The van der Waals surface area contributed by atoms with Crippen molar-refractivity contribution in [2.75, 3.05) is 12.3 Å². The molecule has 5 heteroatoms. The molecule has 0 unspecified atom stereocenters. The molecule has 0 saturated carbocycles. The standard InChI is InChI=1S/C7H14N2O2S/c1-3-8-7(11)6(4-12)9-5(2)10/h6,12H,3-4H2,1-2H3,(H,8,11)(H,9,10)/t6-/m0/s1. The number of hydrogen-bond donors (Lipinski definition) is 3. The molecule has 2 amide bonds. The van der Waals surface area contributed by atoms with Crippen molar-refractivity contribution < 1.29 is 9.59 Å². The van der Waals surface area contributed by atoms with Crippen molar-refractivity contribution in [3.05, 3.63) is 0 Å². The van der Waals surface area contributed by atoms with Gasteiger partial charge in [0, 0.05) is 19.2 Å². The number of hydrogen-bond acceptors (Lipinski definition) is 3. The molecule has 12 heavy (non-hydrogen) atoms. The van der Waals surface area contributed by atoms with E-state index in [0.29, 0.717) is 12.3 Å². The Morgan fingerprint density at radius 2 is 2.08 bits per heavy atom. The van der Waals surface area contributed by atoms with Crippen molar-refractivity contribution in [3.8, 4) is 0 Å². The van der Waals surface area contributed by atoms with Crippen LogP contribution in [0, 0.1) is 0 Å². The first kappa shape index (κ1) is 11.3. The monoisotopic (exact) mass is 190 g/mol. The molecule has 0 spiro atoms. The van der Waals surface area contributed by atoms with Gasteiger partial charge in [0.25, 0.3) is 0 Å². The minimum absolute atomic E-state index is 0.192. The summed E-state index contributed by atoms with van der Waals surface area (Å²) in [6.07, 6.45) is 0. The first-order chi connectivity index (χ1) is 5.61. The number of carbonyl (C=O) groups is 2. The summed E-state index contributed by atoms with van der Waals surface area (Å²) in [6, 6.07) is -0.522. The number of carbonyl (C=O) groups excluding carboxylic acids is 2. The van der Waals surface area contributed by atoms with Crippen molar-refractivity contribution in [1.29, 1.82) is 0 Å². The van der Waals surface area contributed by atoms with Crippen LogP contribution < -0.4 is 10.6 Å². The quantitative estimate of drug-likeness (QED) is 0.526. The first-order valence-electron chi connectivity index (χ1n) is 3.77. The highest BCUT2D eigenvalue weighted by atomic mass is 32.1. The predicted molar refractivity (Wildman–Crippen MR) is 50.1 cm³/mol. The third-order valence-electron chi connectivity index (χ3n) is 1.23. The van der Waals surface area contributed by atoms with E-state index >= 15 is 0 Å². The normalized spacial score (nSPS) is 11.9. The van der Waals surface area contributed by atoms with Crippen molar-refractivity contribution in [1.82, 2.24) is 10.6 Å². The largest absolute Gasteiger partial charge is 0.355 e. The molecule has 70 valence electrons. The van der Waals surface area contributed by atoms with E-state index in [1.807, 2.05) is 6.92 Å². The van der Waals surface area contributed by atoms with E-state index in [1.54, 1.807) is 0 Å². The maximum Gasteiger partial charge on any atom is 0.243 e. The molecular formula is C7H14N2O2S. The van der Waals surface area contributed by atoms with Crippen LogP contribution in [0.25, 0.3) is 0 Å². The second-order valence-electron chi connectivity index (χ2n) is 2.33. The second kappa shape index (κ2) is 5.88. The highest BCUT2D eigenvalue weighted by Crippen LogP contribution is 1.87. The van der Waals surface area contributed by atoms with Crippen LogP contribution in [0.4, 0.5) is 0 Å². The third-order valence-corrected chi connectivity index (χ3v) is 1.59. The zero-order valence-electron chi connectivity index (χ0n) is 7.26. The third kappa shape index (κ3) is 4.23. The molecule has 0 rings (SSSR count). The summed E-state index contributed by atoms with van der Waals surface area (Å²) in [5.74, 6) is -0.103. The van der Waals surface area contributed by atoms with Crippen LogP contribution in [-0.4, -0.2) is 30.2 Å². The van der Waals surface area contributed by atoms with Gasteiger partial charge in [-0.2, -0.15) is 12.6 Å². The lowest BCUT2D eigenvalue weighted by Gasteiger charge is -2.13. The Kier molecular flexibility index (Phi) is 5.53. The van der Waals surface area contributed by atoms with E-state index in [4.69, 9.17) is 0 Å². The predicted octanol–water partition coefficient (Wildman–Crippen LogP) is -0.443. The molecule has 0 saturated heterocycles. The summed E-state index contributed by atoms with van der Waals surface area (Å²) in [4.78, 5) is 21.7. The average Bonchev–Trinajstić information content (AvgIpc) is 2.00. The van der Waals surface area contributed by atoms with Crippen LogP contribution in [0.5, 0.6) is 0 Å². The molecule has 1 atom stereocenters. The highest BCUT2D eigenvalue weighted by molar-refractivity contribution is 7.80. The zero-order chi connectivity index (χ0) is 9.56. The Morgan fingerprint density at radius 3 is 2.42 bits per heavy atom. The van der Waals surface area contributed by atoms with Crippen LogP contribution in [-0.2, 0) is 9.59 Å². The van der Waals surface area contributed by atoms with Gasteiger partial charge < -0.3 is 10.6 Å². The molecule has 4 nitrogen and oxygen atoms in total. The Labute approximate surface area is 77.5 Å². The molecule has 0 aromatic carbocycles. The Hall–Kier alpha value is -0.710. The van der Waals surface area contributed by atoms with E-state index in [0.717, 1.165) is 0 Å². The number of thiol groups is 1. The molecule has 0 aromatic heterocycles. The van der Waals surface area contributed by atoms with Gasteiger partial charge in [0.05, 0.1) is 0 Å². The molecule has 0 bridgehead atoms. The van der Waals surface area contributed by atoms with Crippen LogP contribution >= 0.6 is 12.6 Å². The van der Waals surface area contributed by atoms with Gasteiger partial charge in [0.2, 0.25) is 11.8 Å². The number of rotatable bonds is 4. The van der Waals surface area contributed by atoms with E-state index in [-0.39, 0.29) is 11.8 Å². The van der Waals surface area contributed by atoms with Gasteiger partial charge >= 0.3 is 0 Å². The average molecular weight is 190 g/mol. The fourth-order valence-corrected chi connectivity index (χ4v) is 0.994. The van der Waals surface area contributed by atoms with Crippen molar-refractivity contribution in [2.45, 2.75) is 19.9 Å². The van der Waals surface area contributed by atoms with Gasteiger partial charge in [-0.1, -0.05) is 0 Å². The highest BCUT2D eigenvalue weighted by Gasteiger charge is 2.15. The van der Waals surface area contributed by atoms with Crippen LogP contribution in [0.2, 0.25) is 0 Å². The lowest BCUT2D eigenvalue weighted by atomic mass is 10.3. The molecule has 0 aliphatic carbocycles. The molecule has 0 aliphatic rings. The lowest BCUT2D eigenvalue weighted by molar-refractivity contribution is -0.127. The lowest BCUT2D eigenvalue weighted by Crippen LogP contribution is -2.47. The number of likely N-dealkylation sites (N-methyl/N-ethyl adjacent to an activating group) is 1. The molecule has 2 N–H and O–H groups in total. The minimum atomic E-state index is -0.522. The summed E-state index contributed by atoms with van der Waals surface area (Å²) in [6.45, 7) is 3.75. The Morgan fingerprint density at radius 1 is 1.50 bits per heavy atom. The van der Waals surface area contributed by atoms with E-state index in [1.165, 1.54) is 6.92 Å². The maximum absolute atomic E-state index is 11.1. The number of nitrogens with one attached hydrogen (secondary N) is 2. The van der Waals surface area contributed by atoms with Crippen molar-refractivity contribution in [3.63, 3.8) is 0 Å². The molecular weight excluding hydrogens is 176 g/mol. The van der Waals surface area contributed by atoms with E-state index in [2.05, 4.69) is 23.3 Å². The van der Waals surface area contributed by atoms with Crippen LogP contribution in [0.15, 0.2) is 0 Å². The molecule has 0 aromatic rings. The van der Waals surface area contributed by atoms with Crippen LogP contribution in [0.3, 0.4) is 0 Å². The van der Waals surface area contributed by atoms with Gasteiger partial charge in [-0.05, 0) is 6.92 Å². The summed E-state index contributed by atoms with van der Waals surface area (Å²) < 4.78 is 0. The van der Waals surface area contributed by atoms with Crippen molar-refractivity contribution in [2.24, 2.45) is 0 Å². The minimum Gasteiger partial charge on any atom is -0.355 e. The fourth-order valence-electron chi connectivity index (χ4n) is 0.737. The topological polar surface area (TPSA) is 58.2 Å². The summed E-state index contributed by atoms with van der Waals surface area (Å²) in [5.41, 5.74) is 0. The van der Waals surface area contributed by atoms with Gasteiger partial charge in [-0.3, -0.25) is 9.59 Å². The maximum atomic E-state index is 11.1. The van der Waals surface area contributed by atoms with E-state index < -0.39 is 6.04 Å². The van der Waals surface area contributed by atoms with Gasteiger partial charge in [0.1, 0.15) is 6.04 Å². The van der Waals surface area contributed by atoms with Gasteiger partial charge in [0.15, 0.2) is 0 Å². The fraction of sp³-hybridized carbons (Fsp3) is 0.714. The second-order valence-corrected chi connectivity index (χ2v) is 2.70. The number of amides is 2. The SMILES string of the molecule is CCNC(=O)[C@H](CS)NC(C)=O.